The molecule has 3 saturated carbocycles. The standard InChI is InChI=1S/C28H38O6/c1-15-12-22(33-23(31)16(15)2)26(5)28(32)11-10-27(34-26)20-7-6-17-13-18(29)14-21(30)25(17,4)19(20)8-9-24(27,28)3/h6,18-20,22,29,32H,7-14H2,1-5H3/t18-,19+,20-,22-,24+,25+,26-,27-,28-/m1/s1. The quantitative estimate of drug-likeness (QED) is 0.448. The summed E-state index contributed by atoms with van der Waals surface area (Å²) in [6.45, 7) is 9.96. The summed E-state index contributed by atoms with van der Waals surface area (Å²) in [5.41, 5.74) is -1.03. The number of cyclic esters (lactones) is 1. The highest BCUT2D eigenvalue weighted by Crippen LogP contribution is 2.77. The summed E-state index contributed by atoms with van der Waals surface area (Å²) in [6, 6.07) is 0. The Morgan fingerprint density at radius 3 is 2.44 bits per heavy atom. The second-order valence-electron chi connectivity index (χ2n) is 12.7. The van der Waals surface area contributed by atoms with Gasteiger partial charge in [-0.3, -0.25) is 4.79 Å². The van der Waals surface area contributed by atoms with Crippen molar-refractivity contribution >= 4 is 11.8 Å². The van der Waals surface area contributed by atoms with Crippen LogP contribution in [0.4, 0.5) is 0 Å². The molecule has 6 heteroatoms. The largest absolute Gasteiger partial charge is 0.455 e. The number of carbonyl (C=O) groups is 2. The van der Waals surface area contributed by atoms with Crippen molar-refractivity contribution in [3.8, 4) is 0 Å². The molecule has 9 atom stereocenters. The highest BCUT2D eigenvalue weighted by Gasteiger charge is 2.84. The van der Waals surface area contributed by atoms with E-state index in [-0.39, 0.29) is 30.0 Å². The number of aliphatic hydroxyl groups is 2. The first kappa shape index (κ1) is 22.9. The summed E-state index contributed by atoms with van der Waals surface area (Å²) in [6.07, 6.45) is 6.19. The number of rotatable bonds is 1. The first-order chi connectivity index (χ1) is 15.8. The molecular formula is C28H38O6. The minimum Gasteiger partial charge on any atom is -0.455 e. The van der Waals surface area contributed by atoms with Crippen LogP contribution in [0.2, 0.25) is 0 Å². The molecule has 34 heavy (non-hydrogen) atoms. The number of allylic oxidation sites excluding steroid dienone is 1. The van der Waals surface area contributed by atoms with Crippen LogP contribution in [0.15, 0.2) is 22.8 Å². The average Bonchev–Trinajstić information content (AvgIpc) is 3.10. The van der Waals surface area contributed by atoms with Gasteiger partial charge in [-0.15, -0.1) is 0 Å². The number of aliphatic hydroxyl groups excluding tert-OH is 1. The minimum atomic E-state index is -1.11. The molecule has 0 amide bonds. The highest BCUT2D eigenvalue weighted by atomic mass is 16.6. The molecule has 4 fully saturated rings. The van der Waals surface area contributed by atoms with E-state index in [1.807, 2.05) is 13.8 Å². The molecular weight excluding hydrogens is 432 g/mol. The predicted molar refractivity (Wildman–Crippen MR) is 125 cm³/mol. The Morgan fingerprint density at radius 2 is 1.74 bits per heavy atom. The van der Waals surface area contributed by atoms with Crippen LogP contribution in [0.3, 0.4) is 0 Å². The summed E-state index contributed by atoms with van der Waals surface area (Å²) in [5, 5.41) is 22.7. The maximum Gasteiger partial charge on any atom is 0.334 e. The van der Waals surface area contributed by atoms with Crippen molar-refractivity contribution in [3.05, 3.63) is 22.8 Å². The minimum absolute atomic E-state index is 0.104. The van der Waals surface area contributed by atoms with Crippen LogP contribution in [-0.2, 0) is 19.1 Å². The second kappa shape index (κ2) is 6.63. The molecule has 0 radical (unpaired) electrons. The lowest BCUT2D eigenvalue weighted by Crippen LogP contribution is -2.63. The molecule has 2 aliphatic heterocycles. The zero-order chi connectivity index (χ0) is 24.5. The zero-order valence-corrected chi connectivity index (χ0v) is 21.1. The van der Waals surface area contributed by atoms with E-state index in [9.17, 15) is 19.8 Å². The number of ether oxygens (including phenoxy) is 2. The van der Waals surface area contributed by atoms with Gasteiger partial charge in [0.2, 0.25) is 0 Å². The van der Waals surface area contributed by atoms with Crippen LogP contribution in [0.25, 0.3) is 0 Å². The number of hydrogen-bond acceptors (Lipinski definition) is 6. The molecule has 0 aromatic carbocycles. The average molecular weight is 471 g/mol. The number of Topliss-reactive ketones (excluding diaryl/α,β-unsaturated/α-hetero) is 1. The monoisotopic (exact) mass is 470 g/mol. The maximum absolute atomic E-state index is 13.4. The van der Waals surface area contributed by atoms with Gasteiger partial charge < -0.3 is 19.7 Å². The fraction of sp³-hybridized carbons (Fsp3) is 0.786. The Morgan fingerprint density at radius 1 is 1.00 bits per heavy atom. The Balaban J connectivity index is 1.44. The predicted octanol–water partition coefficient (Wildman–Crippen LogP) is 3.78. The normalized spacial score (nSPS) is 54.3. The van der Waals surface area contributed by atoms with E-state index in [2.05, 4.69) is 19.9 Å². The van der Waals surface area contributed by atoms with E-state index in [0.29, 0.717) is 24.8 Å². The van der Waals surface area contributed by atoms with Crippen molar-refractivity contribution in [2.75, 3.05) is 0 Å². The van der Waals surface area contributed by atoms with E-state index in [0.717, 1.165) is 36.8 Å². The van der Waals surface area contributed by atoms with Gasteiger partial charge in [-0.05, 0) is 78.1 Å². The van der Waals surface area contributed by atoms with Crippen molar-refractivity contribution in [1.29, 1.82) is 0 Å². The molecule has 2 heterocycles. The number of ketones is 1. The Hall–Kier alpha value is -1.50. The van der Waals surface area contributed by atoms with E-state index < -0.39 is 39.8 Å². The smallest absolute Gasteiger partial charge is 0.334 e. The number of carbonyl (C=O) groups excluding carboxylic acids is 2. The molecule has 2 bridgehead atoms. The van der Waals surface area contributed by atoms with Gasteiger partial charge in [0.1, 0.15) is 23.1 Å². The lowest BCUT2D eigenvalue weighted by atomic mass is 9.45. The van der Waals surface area contributed by atoms with Crippen LogP contribution >= 0.6 is 0 Å². The summed E-state index contributed by atoms with van der Waals surface area (Å²) in [5.74, 6) is 0.0481. The summed E-state index contributed by atoms with van der Waals surface area (Å²) in [4.78, 5) is 26.0. The fourth-order valence-corrected chi connectivity index (χ4v) is 9.45. The summed E-state index contributed by atoms with van der Waals surface area (Å²) < 4.78 is 13.0. The van der Waals surface area contributed by atoms with Crippen molar-refractivity contribution in [3.63, 3.8) is 0 Å². The van der Waals surface area contributed by atoms with Crippen LogP contribution in [-0.4, -0.2) is 51.0 Å². The van der Waals surface area contributed by atoms with E-state index >= 15 is 0 Å². The van der Waals surface area contributed by atoms with Gasteiger partial charge >= 0.3 is 5.97 Å². The second-order valence-corrected chi connectivity index (χ2v) is 12.7. The number of esters is 1. The molecule has 0 aromatic rings. The SMILES string of the molecule is CC1=C(C)C(=O)O[C@@H]([C@@]2(C)O[C@@]34CC[C@@]2(O)[C@@]3(C)CC[C@H]2[C@H]4CC=C3C[C@@H](O)CC(=O)[C@@]32C)C1. The molecule has 0 unspecified atom stereocenters. The molecule has 1 saturated heterocycles. The van der Waals surface area contributed by atoms with Crippen molar-refractivity contribution in [1.82, 2.24) is 0 Å². The van der Waals surface area contributed by atoms with Gasteiger partial charge in [0.15, 0.2) is 0 Å². The van der Waals surface area contributed by atoms with Crippen molar-refractivity contribution in [2.45, 2.75) is 115 Å². The third kappa shape index (κ3) is 2.30. The molecule has 6 nitrogen and oxygen atoms in total. The van der Waals surface area contributed by atoms with Crippen molar-refractivity contribution in [2.24, 2.45) is 22.7 Å². The lowest BCUT2D eigenvalue weighted by molar-refractivity contribution is -0.248. The van der Waals surface area contributed by atoms with Crippen LogP contribution in [0.1, 0.15) is 86.0 Å². The van der Waals surface area contributed by atoms with Crippen LogP contribution in [0.5, 0.6) is 0 Å². The first-order valence-corrected chi connectivity index (χ1v) is 13.0. The molecule has 6 rings (SSSR count). The number of fused-ring (bicyclic) bond motifs is 3. The molecule has 0 spiro atoms. The topological polar surface area (TPSA) is 93.1 Å². The third-order valence-corrected chi connectivity index (χ3v) is 11.7. The highest BCUT2D eigenvalue weighted by molar-refractivity contribution is 5.90. The molecule has 6 aliphatic rings. The maximum atomic E-state index is 13.4. The Bertz CT molecular complexity index is 1060. The van der Waals surface area contributed by atoms with Crippen LogP contribution < -0.4 is 0 Å². The molecule has 2 N–H and O–H groups in total. The molecule has 4 aliphatic carbocycles. The fourth-order valence-electron chi connectivity index (χ4n) is 9.45. The van der Waals surface area contributed by atoms with E-state index in [1.54, 1.807) is 6.92 Å². The van der Waals surface area contributed by atoms with Gasteiger partial charge in [-0.1, -0.05) is 24.1 Å². The lowest BCUT2D eigenvalue weighted by Gasteiger charge is -2.59. The van der Waals surface area contributed by atoms with Gasteiger partial charge in [-0.2, -0.15) is 0 Å². The van der Waals surface area contributed by atoms with Gasteiger partial charge in [0, 0.05) is 23.8 Å². The third-order valence-electron chi connectivity index (χ3n) is 11.7. The van der Waals surface area contributed by atoms with E-state index in [4.69, 9.17) is 9.47 Å². The van der Waals surface area contributed by atoms with Gasteiger partial charge in [0.05, 0.1) is 17.1 Å². The van der Waals surface area contributed by atoms with Gasteiger partial charge in [-0.25, -0.2) is 4.79 Å². The molecule has 186 valence electrons. The molecule has 0 aromatic heterocycles. The zero-order valence-electron chi connectivity index (χ0n) is 21.1. The van der Waals surface area contributed by atoms with Crippen molar-refractivity contribution < 1.29 is 29.3 Å². The number of hydrogen-bond donors (Lipinski definition) is 2. The van der Waals surface area contributed by atoms with Crippen LogP contribution in [0, 0.1) is 22.7 Å². The van der Waals surface area contributed by atoms with Gasteiger partial charge in [0.25, 0.3) is 0 Å². The Kier molecular flexibility index (Phi) is 4.47. The summed E-state index contributed by atoms with van der Waals surface area (Å²) >= 11 is 0. The summed E-state index contributed by atoms with van der Waals surface area (Å²) in [7, 11) is 0. The van der Waals surface area contributed by atoms with E-state index in [1.165, 1.54) is 0 Å². The first-order valence-electron chi connectivity index (χ1n) is 13.0. The Labute approximate surface area is 201 Å².